The Bertz CT molecular complexity index is 416. The van der Waals surface area contributed by atoms with Crippen LogP contribution in [0.25, 0.3) is 0 Å². The van der Waals surface area contributed by atoms with E-state index in [0.29, 0.717) is 16.4 Å². The van der Waals surface area contributed by atoms with E-state index in [-0.39, 0.29) is 18.9 Å². The van der Waals surface area contributed by atoms with Gasteiger partial charge in [-0.05, 0) is 18.2 Å². The summed E-state index contributed by atoms with van der Waals surface area (Å²) in [5.74, 6) is -0.342. The highest BCUT2D eigenvalue weighted by molar-refractivity contribution is 6.33. The summed E-state index contributed by atoms with van der Waals surface area (Å²) in [5.41, 5.74) is 6.41. The van der Waals surface area contributed by atoms with Crippen molar-refractivity contribution in [1.29, 1.82) is 0 Å². The first-order valence-electron chi connectivity index (χ1n) is 5.20. The highest BCUT2D eigenvalue weighted by atomic mass is 35.5. The molecule has 0 aliphatic carbocycles. The van der Waals surface area contributed by atoms with Crippen molar-refractivity contribution in [3.05, 3.63) is 23.2 Å². The zero-order chi connectivity index (χ0) is 13.5. The number of hydrogen-bond acceptors (Lipinski definition) is 3. The van der Waals surface area contributed by atoms with Crippen molar-refractivity contribution < 1.29 is 18.3 Å². The van der Waals surface area contributed by atoms with E-state index in [1.807, 2.05) is 0 Å². The summed E-state index contributed by atoms with van der Waals surface area (Å²) >= 11 is 5.72. The standard InChI is InChI=1S/C11H13ClF2N2O2/c12-8-2-1-7(5-9(8)15)16-11(17)3-4-18-6-10(13)14/h1-2,5,10H,3-4,6,15H2,(H,16,17). The quantitative estimate of drug-likeness (QED) is 0.621. The highest BCUT2D eigenvalue weighted by Gasteiger charge is 2.06. The Morgan fingerprint density at radius 2 is 2.22 bits per heavy atom. The van der Waals surface area contributed by atoms with Gasteiger partial charge < -0.3 is 15.8 Å². The number of nitrogens with one attached hydrogen (secondary N) is 1. The molecule has 0 saturated carbocycles. The second-order valence-electron chi connectivity index (χ2n) is 3.50. The van der Waals surface area contributed by atoms with Crippen molar-refractivity contribution in [2.75, 3.05) is 24.3 Å². The Labute approximate surface area is 108 Å². The van der Waals surface area contributed by atoms with Gasteiger partial charge in [-0.3, -0.25) is 4.79 Å². The number of alkyl halides is 2. The van der Waals surface area contributed by atoms with Crippen LogP contribution in [0.3, 0.4) is 0 Å². The molecular weight excluding hydrogens is 266 g/mol. The van der Waals surface area contributed by atoms with E-state index in [1.165, 1.54) is 6.07 Å². The summed E-state index contributed by atoms with van der Waals surface area (Å²) in [6, 6.07) is 4.66. The number of carbonyl (C=O) groups is 1. The molecule has 0 heterocycles. The van der Waals surface area contributed by atoms with Crippen LogP contribution < -0.4 is 11.1 Å². The second-order valence-corrected chi connectivity index (χ2v) is 3.91. The minimum Gasteiger partial charge on any atom is -0.397 e. The maximum absolute atomic E-state index is 11.7. The van der Waals surface area contributed by atoms with Crippen LogP contribution in [0.5, 0.6) is 0 Å². The summed E-state index contributed by atoms with van der Waals surface area (Å²) in [6.07, 6.45) is -2.53. The van der Waals surface area contributed by atoms with E-state index in [4.69, 9.17) is 17.3 Å². The Kier molecular flexibility index (Phi) is 5.80. The molecule has 18 heavy (non-hydrogen) atoms. The Morgan fingerprint density at radius 1 is 1.50 bits per heavy atom. The SMILES string of the molecule is Nc1cc(NC(=O)CCOCC(F)F)ccc1Cl. The van der Waals surface area contributed by atoms with Crippen LogP contribution in [0.1, 0.15) is 6.42 Å². The first-order chi connectivity index (χ1) is 8.49. The fourth-order valence-electron chi connectivity index (χ4n) is 1.18. The lowest BCUT2D eigenvalue weighted by Gasteiger charge is -2.07. The summed E-state index contributed by atoms with van der Waals surface area (Å²) in [4.78, 5) is 11.4. The van der Waals surface area contributed by atoms with Crippen molar-refractivity contribution in [3.8, 4) is 0 Å². The number of benzene rings is 1. The van der Waals surface area contributed by atoms with Gasteiger partial charge in [-0.2, -0.15) is 0 Å². The molecule has 0 aromatic heterocycles. The molecule has 4 nitrogen and oxygen atoms in total. The number of anilines is 2. The molecule has 0 unspecified atom stereocenters. The molecule has 1 rings (SSSR count). The van der Waals surface area contributed by atoms with E-state index in [2.05, 4.69) is 10.1 Å². The third-order valence-corrected chi connectivity index (χ3v) is 2.34. The Balaban J connectivity index is 2.33. The topological polar surface area (TPSA) is 64.3 Å². The van der Waals surface area contributed by atoms with Crippen LogP contribution in [0.4, 0.5) is 20.2 Å². The number of nitrogens with two attached hydrogens (primary N) is 1. The number of carbonyl (C=O) groups excluding carboxylic acids is 1. The van der Waals surface area contributed by atoms with E-state index in [0.717, 1.165) is 0 Å². The van der Waals surface area contributed by atoms with Gasteiger partial charge in [0.25, 0.3) is 6.43 Å². The van der Waals surface area contributed by atoms with Gasteiger partial charge in [0, 0.05) is 5.69 Å². The fraction of sp³-hybridized carbons (Fsp3) is 0.364. The minimum absolute atomic E-state index is 0.00471. The molecule has 0 bridgehead atoms. The van der Waals surface area contributed by atoms with Crippen LogP contribution in [-0.4, -0.2) is 25.5 Å². The molecule has 0 radical (unpaired) electrons. The van der Waals surface area contributed by atoms with Crippen LogP contribution in [0.15, 0.2) is 18.2 Å². The third-order valence-electron chi connectivity index (χ3n) is 2.00. The monoisotopic (exact) mass is 278 g/mol. The number of amides is 1. The number of rotatable bonds is 6. The predicted molar refractivity (Wildman–Crippen MR) is 65.9 cm³/mol. The zero-order valence-electron chi connectivity index (χ0n) is 9.46. The second kappa shape index (κ2) is 7.13. The lowest BCUT2D eigenvalue weighted by Crippen LogP contribution is -2.15. The maximum atomic E-state index is 11.7. The van der Waals surface area contributed by atoms with E-state index in [9.17, 15) is 13.6 Å². The molecule has 0 aliphatic heterocycles. The summed E-state index contributed by atoms with van der Waals surface area (Å²) in [7, 11) is 0. The average molecular weight is 279 g/mol. The van der Waals surface area contributed by atoms with Gasteiger partial charge >= 0.3 is 0 Å². The van der Waals surface area contributed by atoms with Crippen molar-refractivity contribution in [1.82, 2.24) is 0 Å². The van der Waals surface area contributed by atoms with E-state index < -0.39 is 13.0 Å². The van der Waals surface area contributed by atoms with Crippen LogP contribution in [0.2, 0.25) is 5.02 Å². The van der Waals surface area contributed by atoms with Crippen LogP contribution in [0, 0.1) is 0 Å². The normalized spacial score (nSPS) is 10.7. The van der Waals surface area contributed by atoms with Gasteiger partial charge in [0.1, 0.15) is 6.61 Å². The molecule has 3 N–H and O–H groups in total. The maximum Gasteiger partial charge on any atom is 0.261 e. The number of halogens is 3. The van der Waals surface area contributed by atoms with Crippen molar-refractivity contribution in [2.45, 2.75) is 12.8 Å². The smallest absolute Gasteiger partial charge is 0.261 e. The van der Waals surface area contributed by atoms with Gasteiger partial charge in [0.05, 0.1) is 23.7 Å². The molecule has 0 saturated heterocycles. The number of nitrogen functional groups attached to an aromatic ring is 1. The van der Waals surface area contributed by atoms with E-state index >= 15 is 0 Å². The van der Waals surface area contributed by atoms with E-state index in [1.54, 1.807) is 12.1 Å². The number of hydrogen-bond donors (Lipinski definition) is 2. The zero-order valence-corrected chi connectivity index (χ0v) is 10.2. The van der Waals surface area contributed by atoms with Gasteiger partial charge in [-0.25, -0.2) is 8.78 Å². The van der Waals surface area contributed by atoms with Gasteiger partial charge in [0.2, 0.25) is 5.91 Å². The Hall–Kier alpha value is -1.40. The molecular formula is C11H13ClF2N2O2. The van der Waals surface area contributed by atoms with Crippen LogP contribution >= 0.6 is 11.6 Å². The highest BCUT2D eigenvalue weighted by Crippen LogP contribution is 2.22. The first kappa shape index (κ1) is 14.7. The molecule has 0 aliphatic rings. The predicted octanol–water partition coefficient (Wildman–Crippen LogP) is 2.53. The molecule has 7 heteroatoms. The fourth-order valence-corrected chi connectivity index (χ4v) is 1.30. The van der Waals surface area contributed by atoms with Gasteiger partial charge in [-0.15, -0.1) is 0 Å². The van der Waals surface area contributed by atoms with Gasteiger partial charge in [-0.1, -0.05) is 11.6 Å². The molecule has 1 aromatic carbocycles. The molecule has 0 fully saturated rings. The van der Waals surface area contributed by atoms with Crippen molar-refractivity contribution in [3.63, 3.8) is 0 Å². The third kappa shape index (κ3) is 5.29. The lowest BCUT2D eigenvalue weighted by atomic mass is 10.2. The minimum atomic E-state index is -2.52. The summed E-state index contributed by atoms with van der Waals surface area (Å²) in [5, 5.41) is 2.95. The molecule has 1 aromatic rings. The Morgan fingerprint density at radius 3 is 2.83 bits per heavy atom. The van der Waals surface area contributed by atoms with Gasteiger partial charge in [0.15, 0.2) is 0 Å². The summed E-state index contributed by atoms with van der Waals surface area (Å²) in [6.45, 7) is -0.722. The molecule has 100 valence electrons. The number of ether oxygens (including phenoxy) is 1. The molecule has 1 amide bonds. The van der Waals surface area contributed by atoms with Crippen molar-refractivity contribution >= 4 is 28.9 Å². The van der Waals surface area contributed by atoms with Crippen molar-refractivity contribution in [2.24, 2.45) is 0 Å². The average Bonchev–Trinajstić information content (AvgIpc) is 2.29. The van der Waals surface area contributed by atoms with Crippen LogP contribution in [-0.2, 0) is 9.53 Å². The molecule has 0 spiro atoms. The lowest BCUT2D eigenvalue weighted by molar-refractivity contribution is -0.117. The largest absolute Gasteiger partial charge is 0.397 e. The first-order valence-corrected chi connectivity index (χ1v) is 5.57. The molecule has 0 atom stereocenters. The summed E-state index contributed by atoms with van der Waals surface area (Å²) < 4.78 is 28.1.